The highest BCUT2D eigenvalue weighted by molar-refractivity contribution is 6.06. The van der Waals surface area contributed by atoms with Crippen molar-refractivity contribution in [2.45, 2.75) is 32.9 Å². The van der Waals surface area contributed by atoms with Gasteiger partial charge in [0.1, 0.15) is 6.04 Å². The Morgan fingerprint density at radius 1 is 1.07 bits per heavy atom. The van der Waals surface area contributed by atoms with Gasteiger partial charge in [0.2, 0.25) is 5.91 Å². The van der Waals surface area contributed by atoms with Crippen LogP contribution in [0.5, 0.6) is 0 Å². The monoisotopic (exact) mass is 392 g/mol. The molecule has 2 aromatic carbocycles. The van der Waals surface area contributed by atoms with E-state index in [1.165, 1.54) is 4.68 Å². The molecule has 0 saturated heterocycles. The molecule has 2 atom stereocenters. The van der Waals surface area contributed by atoms with E-state index in [1.54, 1.807) is 24.3 Å². The Hall–Kier alpha value is -3.48. The third kappa shape index (κ3) is 4.34. The van der Waals surface area contributed by atoms with E-state index < -0.39 is 17.9 Å². The molecule has 1 heterocycles. The van der Waals surface area contributed by atoms with Crippen molar-refractivity contribution < 1.29 is 9.59 Å². The summed E-state index contributed by atoms with van der Waals surface area (Å²) in [6.45, 7) is 3.99. The molecular weight excluding hydrogens is 368 g/mol. The van der Waals surface area contributed by atoms with Crippen LogP contribution >= 0.6 is 0 Å². The molecular formula is C22H24N4O3. The number of hydrogen-bond acceptors (Lipinski definition) is 4. The minimum absolute atomic E-state index is 0.0886. The van der Waals surface area contributed by atoms with Crippen LogP contribution in [0.1, 0.15) is 36.3 Å². The SMILES string of the molecule is CCC(C)C(NC(=O)c1nn(Cc2ccccc2)c(=O)c2ccccc12)C(N)=O. The molecule has 0 bridgehead atoms. The van der Waals surface area contributed by atoms with Crippen molar-refractivity contribution in [2.75, 3.05) is 0 Å². The molecule has 0 spiro atoms. The van der Waals surface area contributed by atoms with Crippen molar-refractivity contribution in [3.8, 4) is 0 Å². The maximum Gasteiger partial charge on any atom is 0.274 e. The van der Waals surface area contributed by atoms with Gasteiger partial charge in [0.15, 0.2) is 5.69 Å². The molecule has 2 unspecified atom stereocenters. The van der Waals surface area contributed by atoms with E-state index in [0.717, 1.165) is 5.56 Å². The minimum Gasteiger partial charge on any atom is -0.368 e. The van der Waals surface area contributed by atoms with Gasteiger partial charge in [-0.25, -0.2) is 4.68 Å². The minimum atomic E-state index is -0.817. The molecule has 0 fully saturated rings. The fraction of sp³-hybridized carbons (Fsp3) is 0.273. The standard InChI is InChI=1S/C22H24N4O3/c1-3-14(2)18(20(23)27)24-21(28)19-16-11-7-8-12-17(16)22(29)26(25-19)13-15-9-5-4-6-10-15/h4-12,14,18H,3,13H2,1-2H3,(H2,23,27)(H,24,28). The van der Waals surface area contributed by atoms with Crippen LogP contribution in [0.2, 0.25) is 0 Å². The number of carbonyl (C=O) groups excluding carboxylic acids is 2. The Labute approximate surface area is 168 Å². The van der Waals surface area contributed by atoms with Gasteiger partial charge in [-0.1, -0.05) is 68.8 Å². The van der Waals surface area contributed by atoms with Gasteiger partial charge < -0.3 is 11.1 Å². The molecule has 0 radical (unpaired) electrons. The summed E-state index contributed by atoms with van der Waals surface area (Å²) in [7, 11) is 0. The lowest BCUT2D eigenvalue weighted by atomic mass is 9.98. The Morgan fingerprint density at radius 3 is 2.31 bits per heavy atom. The smallest absolute Gasteiger partial charge is 0.274 e. The fourth-order valence-electron chi connectivity index (χ4n) is 3.21. The van der Waals surface area contributed by atoms with E-state index in [9.17, 15) is 14.4 Å². The lowest BCUT2D eigenvalue weighted by Gasteiger charge is -2.21. The van der Waals surface area contributed by atoms with Gasteiger partial charge in [0.05, 0.1) is 11.9 Å². The summed E-state index contributed by atoms with van der Waals surface area (Å²) in [5.41, 5.74) is 6.17. The number of aromatic nitrogens is 2. The molecule has 1 aromatic heterocycles. The van der Waals surface area contributed by atoms with Crippen molar-refractivity contribution in [3.63, 3.8) is 0 Å². The van der Waals surface area contributed by atoms with Crippen molar-refractivity contribution in [3.05, 3.63) is 76.2 Å². The topological polar surface area (TPSA) is 107 Å². The molecule has 2 amide bonds. The van der Waals surface area contributed by atoms with Crippen molar-refractivity contribution in [2.24, 2.45) is 11.7 Å². The first kappa shape index (κ1) is 20.3. The zero-order valence-corrected chi connectivity index (χ0v) is 16.5. The molecule has 3 aromatic rings. The van der Waals surface area contributed by atoms with E-state index in [4.69, 9.17) is 5.73 Å². The highest BCUT2D eigenvalue weighted by atomic mass is 16.2. The number of nitrogens with zero attached hydrogens (tertiary/aromatic N) is 2. The molecule has 29 heavy (non-hydrogen) atoms. The zero-order valence-electron chi connectivity index (χ0n) is 16.5. The first-order valence-electron chi connectivity index (χ1n) is 9.56. The highest BCUT2D eigenvalue weighted by Gasteiger charge is 2.26. The number of primary amides is 1. The molecule has 0 aliphatic heterocycles. The normalized spacial score (nSPS) is 13.0. The number of rotatable bonds is 7. The fourth-order valence-corrected chi connectivity index (χ4v) is 3.21. The molecule has 3 N–H and O–H groups in total. The molecule has 3 rings (SSSR count). The maximum atomic E-state index is 13.0. The Morgan fingerprint density at radius 2 is 1.69 bits per heavy atom. The van der Waals surface area contributed by atoms with Gasteiger partial charge in [-0.3, -0.25) is 14.4 Å². The molecule has 0 aliphatic carbocycles. The second-order valence-electron chi connectivity index (χ2n) is 7.08. The predicted octanol–water partition coefficient (Wildman–Crippen LogP) is 2.07. The Kier molecular flexibility index (Phi) is 6.07. The molecule has 0 saturated carbocycles. The molecule has 7 nitrogen and oxygen atoms in total. The number of amides is 2. The second kappa shape index (κ2) is 8.68. The second-order valence-corrected chi connectivity index (χ2v) is 7.08. The largest absolute Gasteiger partial charge is 0.368 e. The summed E-state index contributed by atoms with van der Waals surface area (Å²) < 4.78 is 1.27. The van der Waals surface area contributed by atoms with Crippen molar-refractivity contribution in [1.29, 1.82) is 0 Å². The van der Waals surface area contributed by atoms with Crippen molar-refractivity contribution in [1.82, 2.24) is 15.1 Å². The Bertz CT molecular complexity index is 1090. The zero-order chi connectivity index (χ0) is 21.0. The third-order valence-corrected chi connectivity index (χ3v) is 5.06. The highest BCUT2D eigenvalue weighted by Crippen LogP contribution is 2.15. The molecule has 0 aliphatic rings. The number of fused-ring (bicyclic) bond motifs is 1. The summed E-state index contributed by atoms with van der Waals surface area (Å²) in [6, 6.07) is 15.4. The number of nitrogens with one attached hydrogen (secondary N) is 1. The van der Waals surface area contributed by atoms with Gasteiger partial charge in [-0.15, -0.1) is 0 Å². The van der Waals surface area contributed by atoms with Gasteiger partial charge in [0.25, 0.3) is 11.5 Å². The molecule has 150 valence electrons. The van der Waals surface area contributed by atoms with Crippen LogP contribution < -0.4 is 16.6 Å². The quantitative estimate of drug-likeness (QED) is 0.642. The average molecular weight is 392 g/mol. The number of carbonyl (C=O) groups is 2. The number of benzene rings is 2. The van der Waals surface area contributed by atoms with E-state index in [-0.39, 0.29) is 23.7 Å². The lowest BCUT2D eigenvalue weighted by molar-refractivity contribution is -0.120. The summed E-state index contributed by atoms with van der Waals surface area (Å²) >= 11 is 0. The van der Waals surface area contributed by atoms with Crippen LogP contribution in [0.3, 0.4) is 0 Å². The molecule has 7 heteroatoms. The summed E-state index contributed by atoms with van der Waals surface area (Å²) in [6.07, 6.45) is 0.676. The van der Waals surface area contributed by atoms with E-state index in [1.807, 2.05) is 44.2 Å². The number of nitrogens with two attached hydrogens (primary N) is 1. The summed E-state index contributed by atoms with van der Waals surface area (Å²) in [5, 5.41) is 7.86. The summed E-state index contributed by atoms with van der Waals surface area (Å²) in [5.74, 6) is -1.26. The maximum absolute atomic E-state index is 13.0. The average Bonchev–Trinajstić information content (AvgIpc) is 2.74. The van der Waals surface area contributed by atoms with Gasteiger partial charge >= 0.3 is 0 Å². The van der Waals surface area contributed by atoms with E-state index >= 15 is 0 Å². The lowest BCUT2D eigenvalue weighted by Crippen LogP contribution is -2.48. The first-order valence-corrected chi connectivity index (χ1v) is 9.56. The predicted molar refractivity (Wildman–Crippen MR) is 111 cm³/mol. The third-order valence-electron chi connectivity index (χ3n) is 5.06. The van der Waals surface area contributed by atoms with E-state index in [0.29, 0.717) is 17.2 Å². The Balaban J connectivity index is 2.06. The van der Waals surface area contributed by atoms with Crippen LogP contribution in [-0.2, 0) is 11.3 Å². The first-order chi connectivity index (χ1) is 13.9. The van der Waals surface area contributed by atoms with Gasteiger partial charge in [0, 0.05) is 5.39 Å². The summed E-state index contributed by atoms with van der Waals surface area (Å²) in [4.78, 5) is 37.7. The van der Waals surface area contributed by atoms with E-state index in [2.05, 4.69) is 10.4 Å². The van der Waals surface area contributed by atoms with Gasteiger partial charge in [-0.05, 0) is 17.5 Å². The van der Waals surface area contributed by atoms with Gasteiger partial charge in [-0.2, -0.15) is 5.10 Å². The van der Waals surface area contributed by atoms with Crippen LogP contribution in [-0.4, -0.2) is 27.6 Å². The van der Waals surface area contributed by atoms with Crippen LogP contribution in [0, 0.1) is 5.92 Å². The number of hydrogen-bond donors (Lipinski definition) is 2. The van der Waals surface area contributed by atoms with Crippen LogP contribution in [0.15, 0.2) is 59.4 Å². The van der Waals surface area contributed by atoms with Crippen molar-refractivity contribution >= 4 is 22.6 Å². The van der Waals surface area contributed by atoms with Crippen LogP contribution in [0.4, 0.5) is 0 Å². The van der Waals surface area contributed by atoms with Crippen LogP contribution in [0.25, 0.3) is 10.8 Å².